The minimum atomic E-state index is -0.132. The van der Waals surface area contributed by atoms with Crippen LogP contribution in [0.4, 0.5) is 11.4 Å². The van der Waals surface area contributed by atoms with Crippen LogP contribution in [0.2, 0.25) is 0 Å². The lowest BCUT2D eigenvalue weighted by Crippen LogP contribution is -2.13. The quantitative estimate of drug-likeness (QED) is 0.592. The Morgan fingerprint density at radius 3 is 2.56 bits per heavy atom. The molecule has 134 valence electrons. The second-order valence-corrected chi connectivity index (χ2v) is 6.57. The molecule has 0 unspecified atom stereocenters. The summed E-state index contributed by atoms with van der Waals surface area (Å²) in [7, 11) is 3.94. The maximum absolute atomic E-state index is 12.5. The van der Waals surface area contributed by atoms with Crippen LogP contribution in [0, 0.1) is 0 Å². The first-order valence-electron chi connectivity index (χ1n) is 8.73. The standard InChI is InChI=1S/C22H20N4O/c1-25(2)19-11-9-16(10-12-19)22(27)23-18-7-5-6-17(14-18)20-15-26-13-4-3-8-21(26)24-20/h3-15H,1-2H3,(H,23,27). The van der Waals surface area contributed by atoms with Gasteiger partial charge in [-0.05, 0) is 48.5 Å². The number of nitrogens with zero attached hydrogens (tertiary/aromatic N) is 3. The SMILES string of the molecule is CN(C)c1ccc(C(=O)Nc2cccc(-c3cn4ccccc4n3)c2)cc1. The van der Waals surface area contributed by atoms with Gasteiger partial charge >= 0.3 is 0 Å². The zero-order valence-electron chi connectivity index (χ0n) is 15.3. The van der Waals surface area contributed by atoms with Crippen molar-refractivity contribution in [1.29, 1.82) is 0 Å². The van der Waals surface area contributed by atoms with E-state index in [-0.39, 0.29) is 5.91 Å². The summed E-state index contributed by atoms with van der Waals surface area (Å²) in [4.78, 5) is 19.2. The van der Waals surface area contributed by atoms with Gasteiger partial charge in [0, 0.05) is 49.0 Å². The summed E-state index contributed by atoms with van der Waals surface area (Å²) in [5.41, 5.74) is 5.14. The molecule has 0 saturated carbocycles. The van der Waals surface area contributed by atoms with E-state index in [4.69, 9.17) is 0 Å². The van der Waals surface area contributed by atoms with Crippen LogP contribution < -0.4 is 10.2 Å². The van der Waals surface area contributed by atoms with Gasteiger partial charge in [0.25, 0.3) is 5.91 Å². The summed E-state index contributed by atoms with van der Waals surface area (Å²) in [5.74, 6) is -0.132. The molecule has 0 aliphatic carbocycles. The van der Waals surface area contributed by atoms with Crippen LogP contribution in [0.15, 0.2) is 79.1 Å². The number of carbonyl (C=O) groups excluding carboxylic acids is 1. The number of hydrogen-bond donors (Lipinski definition) is 1. The fraction of sp³-hybridized carbons (Fsp3) is 0.0909. The number of rotatable bonds is 4. The summed E-state index contributed by atoms with van der Waals surface area (Å²) in [6, 6.07) is 21.2. The molecule has 2 heterocycles. The molecule has 1 N–H and O–H groups in total. The number of anilines is 2. The van der Waals surface area contributed by atoms with Crippen LogP contribution in [-0.4, -0.2) is 29.4 Å². The highest BCUT2D eigenvalue weighted by Gasteiger charge is 2.09. The van der Waals surface area contributed by atoms with Crippen LogP contribution >= 0.6 is 0 Å². The number of fused-ring (bicyclic) bond motifs is 1. The van der Waals surface area contributed by atoms with Crippen LogP contribution in [0.3, 0.4) is 0 Å². The summed E-state index contributed by atoms with van der Waals surface area (Å²) in [6.45, 7) is 0. The minimum Gasteiger partial charge on any atom is -0.378 e. The van der Waals surface area contributed by atoms with Gasteiger partial charge in [0.05, 0.1) is 5.69 Å². The zero-order chi connectivity index (χ0) is 18.8. The molecule has 1 amide bonds. The van der Waals surface area contributed by atoms with Gasteiger partial charge in [0.1, 0.15) is 5.65 Å². The van der Waals surface area contributed by atoms with Crippen LogP contribution in [0.5, 0.6) is 0 Å². The van der Waals surface area contributed by atoms with E-state index >= 15 is 0 Å². The average molecular weight is 356 g/mol. The van der Waals surface area contributed by atoms with Crippen molar-refractivity contribution in [2.24, 2.45) is 0 Å². The lowest BCUT2D eigenvalue weighted by Gasteiger charge is -2.12. The van der Waals surface area contributed by atoms with Gasteiger partial charge < -0.3 is 14.6 Å². The lowest BCUT2D eigenvalue weighted by molar-refractivity contribution is 0.102. The van der Waals surface area contributed by atoms with E-state index in [0.29, 0.717) is 5.56 Å². The van der Waals surface area contributed by atoms with Crippen molar-refractivity contribution in [1.82, 2.24) is 9.38 Å². The maximum Gasteiger partial charge on any atom is 0.255 e. The molecule has 2 aromatic heterocycles. The molecule has 0 atom stereocenters. The molecule has 0 saturated heterocycles. The molecule has 0 bridgehead atoms. The van der Waals surface area contributed by atoms with Crippen LogP contribution in [-0.2, 0) is 0 Å². The summed E-state index contributed by atoms with van der Waals surface area (Å²) < 4.78 is 1.98. The molecular formula is C22H20N4O. The van der Waals surface area contributed by atoms with E-state index < -0.39 is 0 Å². The first kappa shape index (κ1) is 16.8. The second kappa shape index (κ2) is 6.96. The topological polar surface area (TPSA) is 49.6 Å². The van der Waals surface area contributed by atoms with Gasteiger partial charge in [-0.1, -0.05) is 18.2 Å². The Morgan fingerprint density at radius 2 is 1.81 bits per heavy atom. The number of hydrogen-bond acceptors (Lipinski definition) is 3. The third-order valence-corrected chi connectivity index (χ3v) is 4.43. The van der Waals surface area contributed by atoms with Gasteiger partial charge in [0.15, 0.2) is 0 Å². The van der Waals surface area contributed by atoms with E-state index in [9.17, 15) is 4.79 Å². The van der Waals surface area contributed by atoms with E-state index in [2.05, 4.69) is 10.3 Å². The molecule has 5 nitrogen and oxygen atoms in total. The maximum atomic E-state index is 12.5. The van der Waals surface area contributed by atoms with Gasteiger partial charge in [-0.2, -0.15) is 0 Å². The molecule has 4 rings (SSSR count). The van der Waals surface area contributed by atoms with Crippen LogP contribution in [0.1, 0.15) is 10.4 Å². The highest BCUT2D eigenvalue weighted by Crippen LogP contribution is 2.23. The smallest absolute Gasteiger partial charge is 0.255 e. The molecular weight excluding hydrogens is 336 g/mol. The highest BCUT2D eigenvalue weighted by molar-refractivity contribution is 6.04. The Hall–Kier alpha value is -3.60. The fourth-order valence-corrected chi connectivity index (χ4v) is 2.94. The van der Waals surface area contributed by atoms with Gasteiger partial charge in [-0.15, -0.1) is 0 Å². The molecule has 5 heteroatoms. The van der Waals surface area contributed by atoms with Crippen molar-refractivity contribution in [2.45, 2.75) is 0 Å². The number of aromatic nitrogens is 2. The molecule has 4 aromatic rings. The molecule has 0 fully saturated rings. The number of nitrogens with one attached hydrogen (secondary N) is 1. The Kier molecular flexibility index (Phi) is 4.34. The number of amides is 1. The third kappa shape index (κ3) is 3.53. The Balaban J connectivity index is 1.56. The van der Waals surface area contributed by atoms with Crippen molar-refractivity contribution in [3.63, 3.8) is 0 Å². The predicted octanol–water partition coefficient (Wildman–Crippen LogP) is 4.32. The molecule has 0 aliphatic heterocycles. The molecule has 0 aliphatic rings. The lowest BCUT2D eigenvalue weighted by atomic mass is 10.1. The minimum absolute atomic E-state index is 0.132. The Morgan fingerprint density at radius 1 is 1.00 bits per heavy atom. The average Bonchev–Trinajstić information content (AvgIpc) is 3.12. The van der Waals surface area contributed by atoms with Crippen molar-refractivity contribution in [3.8, 4) is 11.3 Å². The first-order valence-corrected chi connectivity index (χ1v) is 8.73. The van der Waals surface area contributed by atoms with E-state index in [1.165, 1.54) is 0 Å². The van der Waals surface area contributed by atoms with Crippen molar-refractivity contribution < 1.29 is 4.79 Å². The first-order chi connectivity index (χ1) is 13.1. The highest BCUT2D eigenvalue weighted by atomic mass is 16.1. The largest absolute Gasteiger partial charge is 0.378 e. The summed E-state index contributed by atoms with van der Waals surface area (Å²) in [5, 5.41) is 2.96. The second-order valence-electron chi connectivity index (χ2n) is 6.57. The molecule has 2 aromatic carbocycles. The number of pyridine rings is 1. The van der Waals surface area contributed by atoms with E-state index in [1.54, 1.807) is 0 Å². The number of imidazole rings is 1. The van der Waals surface area contributed by atoms with E-state index in [1.807, 2.05) is 103 Å². The number of carbonyl (C=O) groups is 1. The Labute approximate surface area is 157 Å². The summed E-state index contributed by atoms with van der Waals surface area (Å²) >= 11 is 0. The monoisotopic (exact) mass is 356 g/mol. The van der Waals surface area contributed by atoms with Gasteiger partial charge in [-0.3, -0.25) is 4.79 Å². The van der Waals surface area contributed by atoms with E-state index in [0.717, 1.165) is 28.3 Å². The summed E-state index contributed by atoms with van der Waals surface area (Å²) in [6.07, 6.45) is 3.95. The van der Waals surface area contributed by atoms with Gasteiger partial charge in [0.2, 0.25) is 0 Å². The predicted molar refractivity (Wildman–Crippen MR) is 109 cm³/mol. The van der Waals surface area contributed by atoms with Crippen molar-refractivity contribution >= 4 is 22.9 Å². The molecule has 0 spiro atoms. The fourth-order valence-electron chi connectivity index (χ4n) is 2.94. The zero-order valence-corrected chi connectivity index (χ0v) is 15.3. The Bertz CT molecular complexity index is 1060. The van der Waals surface area contributed by atoms with Crippen molar-refractivity contribution in [2.75, 3.05) is 24.3 Å². The third-order valence-electron chi connectivity index (χ3n) is 4.43. The van der Waals surface area contributed by atoms with Crippen molar-refractivity contribution in [3.05, 3.63) is 84.7 Å². The number of benzene rings is 2. The molecule has 27 heavy (non-hydrogen) atoms. The molecule has 0 radical (unpaired) electrons. The van der Waals surface area contributed by atoms with Crippen LogP contribution in [0.25, 0.3) is 16.9 Å². The normalized spacial score (nSPS) is 10.7. The van der Waals surface area contributed by atoms with Gasteiger partial charge in [-0.25, -0.2) is 4.98 Å².